The first-order valence-corrected chi connectivity index (χ1v) is 5.27. The standard InChI is InChI=1S/C12H8N4O4/c1-14-9-5-15-16(10(9)13)8-3-6(11(17)18)2-7(4-8)12(19)20/h2-5H,13H2,(H,17,18)(H,19,20). The van der Waals surface area contributed by atoms with Gasteiger partial charge in [-0.3, -0.25) is 0 Å². The molecule has 0 spiro atoms. The topological polar surface area (TPSA) is 123 Å². The van der Waals surface area contributed by atoms with Crippen LogP contribution in [0.1, 0.15) is 20.7 Å². The van der Waals surface area contributed by atoms with Crippen molar-refractivity contribution in [2.45, 2.75) is 0 Å². The fraction of sp³-hybridized carbons (Fsp3) is 0. The quantitative estimate of drug-likeness (QED) is 0.726. The van der Waals surface area contributed by atoms with Gasteiger partial charge in [-0.1, -0.05) is 0 Å². The molecule has 1 heterocycles. The summed E-state index contributed by atoms with van der Waals surface area (Å²) >= 11 is 0. The maximum atomic E-state index is 11.0. The molecule has 0 radical (unpaired) electrons. The first kappa shape index (κ1) is 13.1. The average Bonchev–Trinajstić information content (AvgIpc) is 2.79. The lowest BCUT2D eigenvalue weighted by Gasteiger charge is -2.07. The molecule has 0 aliphatic carbocycles. The molecule has 0 unspecified atom stereocenters. The monoisotopic (exact) mass is 272 g/mol. The van der Waals surface area contributed by atoms with Crippen LogP contribution in [-0.4, -0.2) is 31.9 Å². The fourth-order valence-electron chi connectivity index (χ4n) is 1.62. The van der Waals surface area contributed by atoms with E-state index in [1.807, 2.05) is 0 Å². The summed E-state index contributed by atoms with van der Waals surface area (Å²) in [7, 11) is 0. The van der Waals surface area contributed by atoms with Gasteiger partial charge in [0, 0.05) is 0 Å². The Morgan fingerprint density at radius 2 is 1.75 bits per heavy atom. The minimum Gasteiger partial charge on any atom is -0.478 e. The van der Waals surface area contributed by atoms with Crippen LogP contribution < -0.4 is 5.73 Å². The summed E-state index contributed by atoms with van der Waals surface area (Å²) in [4.78, 5) is 25.1. The van der Waals surface area contributed by atoms with Crippen molar-refractivity contribution in [2.24, 2.45) is 0 Å². The zero-order chi connectivity index (χ0) is 14.9. The van der Waals surface area contributed by atoms with Crippen molar-refractivity contribution in [3.63, 3.8) is 0 Å². The van der Waals surface area contributed by atoms with Crippen LogP contribution in [0.4, 0.5) is 11.5 Å². The molecule has 0 aliphatic rings. The van der Waals surface area contributed by atoms with Crippen LogP contribution in [0.25, 0.3) is 10.5 Å². The molecule has 0 atom stereocenters. The van der Waals surface area contributed by atoms with Crippen LogP contribution in [0.2, 0.25) is 0 Å². The molecule has 0 amide bonds. The number of benzene rings is 1. The third-order valence-electron chi connectivity index (χ3n) is 2.56. The highest BCUT2D eigenvalue weighted by Crippen LogP contribution is 2.25. The van der Waals surface area contributed by atoms with Gasteiger partial charge in [-0.05, 0) is 18.2 Å². The summed E-state index contributed by atoms with van der Waals surface area (Å²) in [6.07, 6.45) is 1.22. The zero-order valence-corrected chi connectivity index (χ0v) is 9.94. The molecule has 2 rings (SSSR count). The number of rotatable bonds is 3. The molecule has 4 N–H and O–H groups in total. The number of carboxylic acids is 2. The number of hydrogen-bond acceptors (Lipinski definition) is 4. The van der Waals surface area contributed by atoms with Crippen molar-refractivity contribution >= 4 is 23.4 Å². The van der Waals surface area contributed by atoms with Gasteiger partial charge in [-0.25, -0.2) is 19.1 Å². The van der Waals surface area contributed by atoms with Crippen molar-refractivity contribution in [3.8, 4) is 5.69 Å². The third-order valence-corrected chi connectivity index (χ3v) is 2.56. The zero-order valence-electron chi connectivity index (χ0n) is 9.94. The third kappa shape index (κ3) is 2.15. The van der Waals surface area contributed by atoms with Gasteiger partial charge in [0.25, 0.3) is 0 Å². The lowest BCUT2D eigenvalue weighted by Crippen LogP contribution is -2.08. The summed E-state index contributed by atoms with van der Waals surface area (Å²) in [5.74, 6) is -2.53. The van der Waals surface area contributed by atoms with E-state index in [1.54, 1.807) is 0 Å². The van der Waals surface area contributed by atoms with Gasteiger partial charge in [0.15, 0.2) is 0 Å². The van der Waals surface area contributed by atoms with Crippen molar-refractivity contribution in [2.75, 3.05) is 5.73 Å². The highest BCUT2D eigenvalue weighted by molar-refractivity contribution is 5.94. The number of nitrogen functional groups attached to an aromatic ring is 1. The molecule has 1 aromatic carbocycles. The molecule has 8 heteroatoms. The van der Waals surface area contributed by atoms with Crippen molar-refractivity contribution < 1.29 is 19.8 Å². The SMILES string of the molecule is [C-]#[N+]c1cnn(-c2cc(C(=O)O)cc(C(=O)O)c2)c1N. The molecule has 0 fully saturated rings. The molecule has 0 bridgehead atoms. The Morgan fingerprint density at radius 1 is 1.20 bits per heavy atom. The Morgan fingerprint density at radius 3 is 2.15 bits per heavy atom. The average molecular weight is 272 g/mol. The molecule has 1 aromatic heterocycles. The largest absolute Gasteiger partial charge is 0.478 e. The fourth-order valence-corrected chi connectivity index (χ4v) is 1.62. The van der Waals surface area contributed by atoms with Gasteiger partial charge in [0.05, 0.1) is 29.6 Å². The van der Waals surface area contributed by atoms with E-state index in [1.165, 1.54) is 18.3 Å². The molecule has 20 heavy (non-hydrogen) atoms. The van der Waals surface area contributed by atoms with Crippen molar-refractivity contribution in [1.82, 2.24) is 9.78 Å². The lowest BCUT2D eigenvalue weighted by atomic mass is 10.1. The molecule has 100 valence electrons. The van der Waals surface area contributed by atoms with Gasteiger partial charge in [-0.15, -0.1) is 0 Å². The number of aromatic nitrogens is 2. The Kier molecular flexibility index (Phi) is 3.10. The first-order chi connectivity index (χ1) is 9.43. The Labute approximate surface area is 112 Å². The van der Waals surface area contributed by atoms with E-state index >= 15 is 0 Å². The van der Waals surface area contributed by atoms with E-state index in [2.05, 4.69) is 9.94 Å². The molecule has 2 aromatic rings. The first-order valence-electron chi connectivity index (χ1n) is 5.27. The van der Waals surface area contributed by atoms with E-state index in [9.17, 15) is 9.59 Å². The van der Waals surface area contributed by atoms with Crippen LogP contribution in [0, 0.1) is 6.57 Å². The lowest BCUT2D eigenvalue weighted by molar-refractivity contribution is 0.0696. The number of hydrogen-bond donors (Lipinski definition) is 3. The second kappa shape index (κ2) is 4.74. The number of anilines is 1. The van der Waals surface area contributed by atoms with Gasteiger partial charge >= 0.3 is 11.9 Å². The Balaban J connectivity index is 2.67. The maximum Gasteiger partial charge on any atom is 0.335 e. The normalized spacial score (nSPS) is 9.95. The molecule has 8 nitrogen and oxygen atoms in total. The Bertz CT molecular complexity index is 725. The molecular formula is C12H8N4O4. The van der Waals surface area contributed by atoms with E-state index in [0.29, 0.717) is 0 Å². The van der Waals surface area contributed by atoms with Crippen LogP contribution >= 0.6 is 0 Å². The van der Waals surface area contributed by atoms with Crippen molar-refractivity contribution in [1.29, 1.82) is 0 Å². The van der Waals surface area contributed by atoms with Gasteiger partial charge in [0.2, 0.25) is 5.69 Å². The molecular weight excluding hydrogens is 264 g/mol. The predicted molar refractivity (Wildman–Crippen MR) is 68.2 cm³/mol. The Hall–Kier alpha value is -3.34. The minimum absolute atomic E-state index is 0.0128. The van der Waals surface area contributed by atoms with Crippen LogP contribution in [-0.2, 0) is 0 Å². The number of nitrogens with two attached hydrogens (primary N) is 1. The summed E-state index contributed by atoms with van der Waals surface area (Å²) in [6.45, 7) is 6.88. The number of carboxylic acid groups (broad SMARTS) is 2. The van der Waals surface area contributed by atoms with Crippen LogP contribution in [0.15, 0.2) is 24.4 Å². The number of aromatic carboxylic acids is 2. The predicted octanol–water partition coefficient (Wildman–Crippen LogP) is 1.40. The highest BCUT2D eigenvalue weighted by Gasteiger charge is 2.15. The van der Waals surface area contributed by atoms with E-state index in [-0.39, 0.29) is 28.3 Å². The number of nitrogens with zero attached hydrogens (tertiary/aromatic N) is 3. The minimum atomic E-state index is -1.27. The van der Waals surface area contributed by atoms with Gasteiger partial charge in [-0.2, -0.15) is 5.10 Å². The summed E-state index contributed by atoms with van der Waals surface area (Å²) in [6, 6.07) is 3.49. The second-order valence-corrected chi connectivity index (χ2v) is 3.82. The highest BCUT2D eigenvalue weighted by atomic mass is 16.4. The van der Waals surface area contributed by atoms with Crippen molar-refractivity contribution in [3.05, 3.63) is 46.9 Å². The summed E-state index contributed by atoms with van der Waals surface area (Å²) < 4.78 is 1.12. The van der Waals surface area contributed by atoms with E-state index < -0.39 is 11.9 Å². The van der Waals surface area contributed by atoms with E-state index in [4.69, 9.17) is 22.5 Å². The van der Waals surface area contributed by atoms with Crippen LogP contribution in [0.3, 0.4) is 0 Å². The number of carbonyl (C=O) groups is 2. The molecule has 0 aliphatic heterocycles. The maximum absolute atomic E-state index is 11.0. The molecule has 0 saturated carbocycles. The summed E-state index contributed by atoms with van der Waals surface area (Å²) in [5.41, 5.74) is 5.53. The molecule has 0 saturated heterocycles. The van der Waals surface area contributed by atoms with Gasteiger partial charge < -0.3 is 15.9 Å². The van der Waals surface area contributed by atoms with Crippen LogP contribution in [0.5, 0.6) is 0 Å². The van der Waals surface area contributed by atoms with Gasteiger partial charge in [0.1, 0.15) is 5.82 Å². The van der Waals surface area contributed by atoms with E-state index in [0.717, 1.165) is 10.7 Å². The smallest absolute Gasteiger partial charge is 0.335 e. The second-order valence-electron chi connectivity index (χ2n) is 3.82. The summed E-state index contributed by atoms with van der Waals surface area (Å²) in [5, 5.41) is 21.8.